The highest BCUT2D eigenvalue weighted by Gasteiger charge is 2.53. The van der Waals surface area contributed by atoms with Crippen molar-refractivity contribution in [3.63, 3.8) is 0 Å². The van der Waals surface area contributed by atoms with E-state index in [4.69, 9.17) is 5.73 Å². The van der Waals surface area contributed by atoms with Gasteiger partial charge in [0.05, 0.1) is 17.5 Å². The standard InChI is InChI=1S/C15H16F2N2O2/c1-2-7-3-9-10(4-7)15(21)19(14(9)20)13-11(17)5-8(16)6-12(13)18/h5-7,9-10H,2-4,18H2,1H3. The summed E-state index contributed by atoms with van der Waals surface area (Å²) >= 11 is 0. The van der Waals surface area contributed by atoms with E-state index in [1.165, 1.54) is 0 Å². The number of carbonyl (C=O) groups excluding carboxylic acids is 2. The van der Waals surface area contributed by atoms with Gasteiger partial charge >= 0.3 is 0 Å². The van der Waals surface area contributed by atoms with E-state index in [2.05, 4.69) is 0 Å². The van der Waals surface area contributed by atoms with Gasteiger partial charge in [0, 0.05) is 6.07 Å². The quantitative estimate of drug-likeness (QED) is 0.673. The Bertz CT molecular complexity index is 585. The normalized spacial score (nSPS) is 28.3. The van der Waals surface area contributed by atoms with E-state index in [1.807, 2.05) is 6.92 Å². The SMILES string of the molecule is CCC1CC2C(=O)N(c3c(N)cc(F)cc3F)C(=O)C2C1. The molecule has 3 rings (SSSR count). The fourth-order valence-electron chi connectivity index (χ4n) is 3.50. The lowest BCUT2D eigenvalue weighted by molar-refractivity contribution is -0.123. The molecule has 1 aliphatic carbocycles. The topological polar surface area (TPSA) is 63.4 Å². The Morgan fingerprint density at radius 2 is 1.76 bits per heavy atom. The van der Waals surface area contributed by atoms with Gasteiger partial charge < -0.3 is 5.73 Å². The largest absolute Gasteiger partial charge is 0.397 e. The van der Waals surface area contributed by atoms with Crippen LogP contribution in [0.25, 0.3) is 0 Å². The first-order chi connectivity index (χ1) is 9.93. The summed E-state index contributed by atoms with van der Waals surface area (Å²) in [4.78, 5) is 25.7. The Balaban J connectivity index is 1.99. The summed E-state index contributed by atoms with van der Waals surface area (Å²) in [7, 11) is 0. The van der Waals surface area contributed by atoms with Gasteiger partial charge in [0.25, 0.3) is 0 Å². The maximum absolute atomic E-state index is 14.0. The molecule has 2 atom stereocenters. The molecule has 0 spiro atoms. The van der Waals surface area contributed by atoms with Crippen LogP contribution in [0.1, 0.15) is 26.2 Å². The van der Waals surface area contributed by atoms with Crippen molar-refractivity contribution in [2.24, 2.45) is 17.8 Å². The first kappa shape index (κ1) is 14.0. The Morgan fingerprint density at radius 3 is 2.24 bits per heavy atom. The van der Waals surface area contributed by atoms with Gasteiger partial charge in [-0.1, -0.05) is 13.3 Å². The molecule has 4 nitrogen and oxygen atoms in total. The molecule has 0 radical (unpaired) electrons. The van der Waals surface area contributed by atoms with E-state index in [0.717, 1.165) is 17.4 Å². The second kappa shape index (κ2) is 4.79. The summed E-state index contributed by atoms with van der Waals surface area (Å²) in [5.41, 5.74) is 5.06. The van der Waals surface area contributed by atoms with E-state index in [1.54, 1.807) is 0 Å². The lowest BCUT2D eigenvalue weighted by atomic mass is 10.00. The van der Waals surface area contributed by atoms with Crippen molar-refractivity contribution in [3.8, 4) is 0 Å². The molecule has 2 aliphatic rings. The van der Waals surface area contributed by atoms with Crippen LogP contribution in [0.2, 0.25) is 0 Å². The zero-order valence-corrected chi connectivity index (χ0v) is 11.6. The molecular formula is C15H16F2N2O2. The number of hydrogen-bond acceptors (Lipinski definition) is 3. The average Bonchev–Trinajstić information content (AvgIpc) is 2.93. The first-order valence-electron chi connectivity index (χ1n) is 7.06. The van der Waals surface area contributed by atoms with Gasteiger partial charge in [0.2, 0.25) is 11.8 Å². The van der Waals surface area contributed by atoms with Crippen LogP contribution in [0.3, 0.4) is 0 Å². The van der Waals surface area contributed by atoms with Gasteiger partial charge in [-0.15, -0.1) is 0 Å². The molecule has 2 fully saturated rings. The molecule has 2 unspecified atom stereocenters. The van der Waals surface area contributed by atoms with Crippen molar-refractivity contribution in [2.75, 3.05) is 10.6 Å². The summed E-state index contributed by atoms with van der Waals surface area (Å²) in [6.07, 6.45) is 2.20. The highest BCUT2D eigenvalue weighted by Crippen LogP contribution is 2.46. The maximum Gasteiger partial charge on any atom is 0.237 e. The van der Waals surface area contributed by atoms with Crippen LogP contribution in [0.15, 0.2) is 12.1 Å². The minimum absolute atomic E-state index is 0.235. The number of halogens is 2. The number of benzene rings is 1. The van der Waals surface area contributed by atoms with Crippen LogP contribution >= 0.6 is 0 Å². The molecular weight excluding hydrogens is 278 g/mol. The van der Waals surface area contributed by atoms with E-state index >= 15 is 0 Å². The molecule has 0 aromatic heterocycles. The van der Waals surface area contributed by atoms with E-state index in [9.17, 15) is 18.4 Å². The summed E-state index contributed by atoms with van der Waals surface area (Å²) in [5.74, 6) is -3.10. The first-order valence-corrected chi connectivity index (χ1v) is 7.06. The Kier molecular flexibility index (Phi) is 3.19. The Morgan fingerprint density at radius 1 is 1.19 bits per heavy atom. The highest BCUT2D eigenvalue weighted by molar-refractivity contribution is 6.23. The Labute approximate surface area is 120 Å². The van der Waals surface area contributed by atoms with Crippen molar-refractivity contribution in [1.82, 2.24) is 0 Å². The maximum atomic E-state index is 14.0. The van der Waals surface area contributed by atoms with Crippen molar-refractivity contribution >= 4 is 23.2 Å². The van der Waals surface area contributed by atoms with Crippen molar-refractivity contribution < 1.29 is 18.4 Å². The number of nitrogens with zero attached hydrogens (tertiary/aromatic N) is 1. The number of anilines is 2. The number of imide groups is 1. The zero-order valence-electron chi connectivity index (χ0n) is 11.6. The summed E-state index contributed by atoms with van der Waals surface area (Å²) < 4.78 is 27.1. The van der Waals surface area contributed by atoms with Crippen molar-refractivity contribution in [3.05, 3.63) is 23.8 Å². The molecule has 1 aromatic carbocycles. The van der Waals surface area contributed by atoms with E-state index in [0.29, 0.717) is 24.8 Å². The van der Waals surface area contributed by atoms with Gasteiger partial charge in [-0.3, -0.25) is 9.59 Å². The molecule has 6 heteroatoms. The van der Waals surface area contributed by atoms with Crippen LogP contribution in [0.5, 0.6) is 0 Å². The summed E-state index contributed by atoms with van der Waals surface area (Å²) in [6.45, 7) is 2.02. The lowest BCUT2D eigenvalue weighted by Gasteiger charge is -2.19. The third-order valence-electron chi connectivity index (χ3n) is 4.59. The lowest BCUT2D eigenvalue weighted by Crippen LogP contribution is -2.33. The third-order valence-corrected chi connectivity index (χ3v) is 4.59. The van der Waals surface area contributed by atoms with Crippen LogP contribution in [-0.4, -0.2) is 11.8 Å². The van der Waals surface area contributed by atoms with Crippen molar-refractivity contribution in [2.45, 2.75) is 26.2 Å². The minimum Gasteiger partial charge on any atom is -0.397 e. The Hall–Kier alpha value is -1.98. The highest BCUT2D eigenvalue weighted by atomic mass is 19.1. The molecule has 1 aliphatic heterocycles. The van der Waals surface area contributed by atoms with Crippen molar-refractivity contribution in [1.29, 1.82) is 0 Å². The molecule has 112 valence electrons. The molecule has 2 N–H and O–H groups in total. The number of carbonyl (C=O) groups is 2. The fourth-order valence-corrected chi connectivity index (χ4v) is 3.50. The van der Waals surface area contributed by atoms with Gasteiger partial charge in [0.1, 0.15) is 11.5 Å². The van der Waals surface area contributed by atoms with Gasteiger partial charge in [-0.25, -0.2) is 13.7 Å². The number of amides is 2. The number of nitrogens with two attached hydrogens (primary N) is 1. The molecule has 1 heterocycles. The predicted molar refractivity (Wildman–Crippen MR) is 73.3 cm³/mol. The van der Waals surface area contributed by atoms with Crippen LogP contribution < -0.4 is 10.6 Å². The van der Waals surface area contributed by atoms with Gasteiger partial charge in [0.15, 0.2) is 5.82 Å². The molecule has 2 amide bonds. The predicted octanol–water partition coefficient (Wildman–Crippen LogP) is 2.47. The second-order valence-electron chi connectivity index (χ2n) is 5.80. The van der Waals surface area contributed by atoms with Crippen LogP contribution in [-0.2, 0) is 9.59 Å². The molecule has 21 heavy (non-hydrogen) atoms. The molecule has 1 saturated heterocycles. The fraction of sp³-hybridized carbons (Fsp3) is 0.467. The number of hydrogen-bond donors (Lipinski definition) is 1. The second-order valence-corrected chi connectivity index (χ2v) is 5.80. The summed E-state index contributed by atoms with van der Waals surface area (Å²) in [6, 6.07) is 1.55. The number of rotatable bonds is 2. The molecule has 1 saturated carbocycles. The van der Waals surface area contributed by atoms with E-state index in [-0.39, 0.29) is 11.4 Å². The van der Waals surface area contributed by atoms with E-state index < -0.39 is 35.3 Å². The minimum atomic E-state index is -0.985. The number of nitrogen functional groups attached to an aromatic ring is 1. The number of fused-ring (bicyclic) bond motifs is 1. The average molecular weight is 294 g/mol. The van der Waals surface area contributed by atoms with Crippen LogP contribution in [0, 0.1) is 29.4 Å². The van der Waals surface area contributed by atoms with Gasteiger partial charge in [-0.05, 0) is 24.8 Å². The monoisotopic (exact) mass is 294 g/mol. The molecule has 1 aromatic rings. The van der Waals surface area contributed by atoms with Crippen LogP contribution in [0.4, 0.5) is 20.2 Å². The van der Waals surface area contributed by atoms with Gasteiger partial charge in [-0.2, -0.15) is 0 Å². The summed E-state index contributed by atoms with van der Waals surface area (Å²) in [5, 5.41) is 0. The third kappa shape index (κ3) is 2.01. The zero-order chi connectivity index (χ0) is 15.3. The smallest absolute Gasteiger partial charge is 0.237 e. The molecule has 0 bridgehead atoms.